The smallest absolute Gasteiger partial charge is 0.258 e. The molecule has 0 spiro atoms. The number of hydrogen-bond donors (Lipinski definition) is 0. The molecule has 2 rings (SSSR count). The number of nitrogens with zero attached hydrogens (tertiary/aromatic N) is 2. The minimum Gasteiger partial charge on any atom is -0.496 e. The molecule has 88 valence electrons. The topological polar surface area (TPSA) is 53.3 Å². The number of likely N-dealkylation sites (tertiary alicyclic amines) is 1. The van der Waals surface area contributed by atoms with E-state index in [9.17, 15) is 4.79 Å². The normalized spacial score (nSPS) is 18.8. The second-order valence-electron chi connectivity index (χ2n) is 3.99. The lowest BCUT2D eigenvalue weighted by atomic mass is 10.1. The molecule has 1 aliphatic rings. The minimum atomic E-state index is -0.299. The fourth-order valence-electron chi connectivity index (χ4n) is 2.12. The second-order valence-corrected chi connectivity index (χ2v) is 3.99. The molecule has 1 aromatic rings. The van der Waals surface area contributed by atoms with Crippen LogP contribution in [0.4, 0.5) is 0 Å². The molecule has 4 nitrogen and oxygen atoms in total. The van der Waals surface area contributed by atoms with E-state index in [-0.39, 0.29) is 11.9 Å². The van der Waals surface area contributed by atoms with Gasteiger partial charge in [0.1, 0.15) is 11.8 Å². The first-order valence-electron chi connectivity index (χ1n) is 5.61. The van der Waals surface area contributed by atoms with E-state index in [2.05, 4.69) is 6.07 Å². The van der Waals surface area contributed by atoms with Gasteiger partial charge in [-0.15, -0.1) is 0 Å². The average molecular weight is 230 g/mol. The predicted molar refractivity (Wildman–Crippen MR) is 62.7 cm³/mol. The van der Waals surface area contributed by atoms with Crippen LogP contribution in [0.25, 0.3) is 0 Å². The van der Waals surface area contributed by atoms with Crippen LogP contribution in [-0.2, 0) is 0 Å². The van der Waals surface area contributed by atoms with E-state index >= 15 is 0 Å². The standard InChI is InChI=1S/C13H14N2O2/c1-17-12-7-3-2-6-11(12)13(16)15-8-4-5-10(15)9-14/h2-3,6-7,10H,4-5,8H2,1H3. The number of hydrogen-bond acceptors (Lipinski definition) is 3. The maximum Gasteiger partial charge on any atom is 0.258 e. The van der Waals surface area contributed by atoms with Crippen LogP contribution in [0, 0.1) is 11.3 Å². The number of benzene rings is 1. The molecule has 17 heavy (non-hydrogen) atoms. The molecule has 0 aliphatic carbocycles. The molecule has 1 heterocycles. The van der Waals surface area contributed by atoms with Crippen molar-refractivity contribution >= 4 is 5.91 Å². The van der Waals surface area contributed by atoms with Crippen molar-refractivity contribution in [1.29, 1.82) is 5.26 Å². The van der Waals surface area contributed by atoms with Crippen molar-refractivity contribution in [3.63, 3.8) is 0 Å². The van der Waals surface area contributed by atoms with Crippen molar-refractivity contribution < 1.29 is 9.53 Å². The number of rotatable bonds is 2. The van der Waals surface area contributed by atoms with Gasteiger partial charge >= 0.3 is 0 Å². The molecule has 1 saturated heterocycles. The Bertz CT molecular complexity index is 465. The summed E-state index contributed by atoms with van der Waals surface area (Å²) in [5.41, 5.74) is 0.525. The van der Waals surface area contributed by atoms with Crippen LogP contribution in [0.1, 0.15) is 23.2 Å². The van der Waals surface area contributed by atoms with Crippen molar-refractivity contribution in [2.45, 2.75) is 18.9 Å². The molecule has 0 aromatic heterocycles. The van der Waals surface area contributed by atoms with Crippen LogP contribution in [0.15, 0.2) is 24.3 Å². The third-order valence-corrected chi connectivity index (χ3v) is 3.00. The number of methoxy groups -OCH3 is 1. The Balaban J connectivity index is 2.28. The van der Waals surface area contributed by atoms with Gasteiger partial charge in [0.25, 0.3) is 5.91 Å². The Morgan fingerprint density at radius 3 is 3.00 bits per heavy atom. The third kappa shape index (κ3) is 2.09. The molecule has 4 heteroatoms. The SMILES string of the molecule is COc1ccccc1C(=O)N1CCCC1C#N. The molecule has 0 radical (unpaired) electrons. The highest BCUT2D eigenvalue weighted by molar-refractivity contribution is 5.97. The number of ether oxygens (including phenoxy) is 1. The Kier molecular flexibility index (Phi) is 3.29. The van der Waals surface area contributed by atoms with Crippen molar-refractivity contribution in [2.75, 3.05) is 13.7 Å². The molecular weight excluding hydrogens is 216 g/mol. The van der Waals surface area contributed by atoms with Crippen LogP contribution >= 0.6 is 0 Å². The quantitative estimate of drug-likeness (QED) is 0.778. The minimum absolute atomic E-state index is 0.119. The molecule has 1 atom stereocenters. The lowest BCUT2D eigenvalue weighted by Crippen LogP contribution is -2.34. The summed E-state index contributed by atoms with van der Waals surface area (Å²) in [7, 11) is 1.54. The summed E-state index contributed by atoms with van der Waals surface area (Å²) in [6.45, 7) is 0.648. The Morgan fingerprint density at radius 1 is 1.53 bits per heavy atom. The highest BCUT2D eigenvalue weighted by Crippen LogP contribution is 2.24. The van der Waals surface area contributed by atoms with E-state index in [1.165, 1.54) is 7.11 Å². The van der Waals surface area contributed by atoms with Gasteiger partial charge in [0.2, 0.25) is 0 Å². The summed E-state index contributed by atoms with van der Waals surface area (Å²) >= 11 is 0. The first-order chi connectivity index (χ1) is 8.27. The zero-order valence-electron chi connectivity index (χ0n) is 9.72. The van der Waals surface area contributed by atoms with Crippen LogP contribution in [0.5, 0.6) is 5.75 Å². The van der Waals surface area contributed by atoms with E-state index in [1.54, 1.807) is 23.1 Å². The zero-order chi connectivity index (χ0) is 12.3. The van der Waals surface area contributed by atoms with Crippen LogP contribution in [0.3, 0.4) is 0 Å². The van der Waals surface area contributed by atoms with Crippen LogP contribution in [-0.4, -0.2) is 30.5 Å². The van der Waals surface area contributed by atoms with Gasteiger partial charge in [0.15, 0.2) is 0 Å². The van der Waals surface area contributed by atoms with E-state index in [0.717, 1.165) is 12.8 Å². The lowest BCUT2D eigenvalue weighted by molar-refractivity contribution is 0.0761. The summed E-state index contributed by atoms with van der Waals surface area (Å²) in [6, 6.07) is 8.97. The number of carbonyl (C=O) groups is 1. The fraction of sp³-hybridized carbons (Fsp3) is 0.385. The molecule has 1 aliphatic heterocycles. The molecule has 1 aromatic carbocycles. The number of para-hydroxylation sites is 1. The first kappa shape index (κ1) is 11.5. The van der Waals surface area contributed by atoms with Gasteiger partial charge in [-0.2, -0.15) is 5.26 Å². The van der Waals surface area contributed by atoms with Crippen molar-refractivity contribution in [2.24, 2.45) is 0 Å². The van der Waals surface area contributed by atoms with Crippen molar-refractivity contribution in [3.05, 3.63) is 29.8 Å². The number of amides is 1. The molecule has 0 bridgehead atoms. The van der Waals surface area contributed by atoms with Crippen LogP contribution in [0.2, 0.25) is 0 Å². The zero-order valence-corrected chi connectivity index (χ0v) is 9.72. The Hall–Kier alpha value is -2.02. The van der Waals surface area contributed by atoms with Gasteiger partial charge in [0.05, 0.1) is 18.7 Å². The summed E-state index contributed by atoms with van der Waals surface area (Å²) in [4.78, 5) is 13.9. The maximum absolute atomic E-state index is 12.3. The lowest BCUT2D eigenvalue weighted by Gasteiger charge is -2.20. The summed E-state index contributed by atoms with van der Waals surface area (Å²) in [5, 5.41) is 8.98. The molecule has 1 amide bonds. The van der Waals surface area contributed by atoms with Crippen molar-refractivity contribution in [1.82, 2.24) is 4.90 Å². The fourth-order valence-corrected chi connectivity index (χ4v) is 2.12. The maximum atomic E-state index is 12.3. The number of carbonyl (C=O) groups excluding carboxylic acids is 1. The van der Waals surface area contributed by atoms with E-state index in [4.69, 9.17) is 10.00 Å². The molecular formula is C13H14N2O2. The average Bonchev–Trinajstić information content (AvgIpc) is 2.86. The largest absolute Gasteiger partial charge is 0.496 e. The monoisotopic (exact) mass is 230 g/mol. The van der Waals surface area contributed by atoms with E-state index in [0.29, 0.717) is 17.9 Å². The summed E-state index contributed by atoms with van der Waals surface area (Å²) < 4.78 is 5.16. The van der Waals surface area contributed by atoms with Gasteiger partial charge in [-0.25, -0.2) is 0 Å². The van der Waals surface area contributed by atoms with Crippen molar-refractivity contribution in [3.8, 4) is 11.8 Å². The summed E-state index contributed by atoms with van der Waals surface area (Å²) in [6.07, 6.45) is 1.65. The van der Waals surface area contributed by atoms with Crippen LogP contribution < -0.4 is 4.74 Å². The molecule has 1 fully saturated rings. The summed E-state index contributed by atoms with van der Waals surface area (Å²) in [5.74, 6) is 0.438. The molecule has 0 saturated carbocycles. The van der Waals surface area contributed by atoms with Gasteiger partial charge < -0.3 is 9.64 Å². The Labute approximate surface area is 100 Å². The van der Waals surface area contributed by atoms with E-state index in [1.807, 2.05) is 6.07 Å². The molecule has 1 unspecified atom stereocenters. The first-order valence-corrected chi connectivity index (χ1v) is 5.61. The van der Waals surface area contributed by atoms with Gasteiger partial charge in [-0.1, -0.05) is 12.1 Å². The second kappa shape index (κ2) is 4.88. The number of nitriles is 1. The van der Waals surface area contributed by atoms with Gasteiger partial charge in [-0.05, 0) is 25.0 Å². The van der Waals surface area contributed by atoms with Gasteiger partial charge in [0, 0.05) is 6.54 Å². The highest BCUT2D eigenvalue weighted by atomic mass is 16.5. The molecule has 0 N–H and O–H groups in total. The Morgan fingerprint density at radius 2 is 2.29 bits per heavy atom. The third-order valence-electron chi connectivity index (χ3n) is 3.00. The van der Waals surface area contributed by atoms with Gasteiger partial charge in [-0.3, -0.25) is 4.79 Å². The highest BCUT2D eigenvalue weighted by Gasteiger charge is 2.30. The predicted octanol–water partition coefficient (Wildman–Crippen LogP) is 1.82. The van der Waals surface area contributed by atoms with E-state index < -0.39 is 0 Å².